The molecule has 1 unspecified atom stereocenters. The Morgan fingerprint density at radius 2 is 2.16 bits per heavy atom. The van der Waals surface area contributed by atoms with Crippen molar-refractivity contribution in [3.63, 3.8) is 0 Å². The lowest BCUT2D eigenvalue weighted by Gasteiger charge is -2.32. The molecule has 0 bridgehead atoms. The lowest BCUT2D eigenvalue weighted by atomic mass is 9.99. The van der Waals surface area contributed by atoms with Crippen LogP contribution in [0.3, 0.4) is 0 Å². The zero-order valence-corrected chi connectivity index (χ0v) is 11.4. The topological polar surface area (TPSA) is 51.1 Å². The number of anilines is 1. The molecule has 0 spiro atoms. The molecule has 0 saturated carbocycles. The summed E-state index contributed by atoms with van der Waals surface area (Å²) in [4.78, 5) is 15.0. The summed E-state index contributed by atoms with van der Waals surface area (Å²) in [6.07, 6.45) is 7.69. The lowest BCUT2D eigenvalue weighted by Crippen LogP contribution is -2.38. The fraction of sp³-hybridized carbons (Fsp3) is 0.462. The number of ether oxygens (including phenoxy) is 1. The third-order valence-electron chi connectivity index (χ3n) is 3.21. The van der Waals surface area contributed by atoms with Crippen LogP contribution >= 0.6 is 11.3 Å². The second-order valence-electron chi connectivity index (χ2n) is 4.61. The molecule has 100 valence electrons. The molecule has 0 aliphatic carbocycles. The normalized spacial score (nSPS) is 19.4. The van der Waals surface area contributed by atoms with Gasteiger partial charge in [-0.2, -0.15) is 0 Å². The highest BCUT2D eigenvalue weighted by molar-refractivity contribution is 7.11. The van der Waals surface area contributed by atoms with Gasteiger partial charge in [-0.25, -0.2) is 15.0 Å². The van der Waals surface area contributed by atoms with Gasteiger partial charge in [-0.15, -0.1) is 0 Å². The smallest absolute Gasteiger partial charge is 0.273 e. The number of rotatable bonds is 4. The van der Waals surface area contributed by atoms with E-state index in [-0.39, 0.29) is 0 Å². The molecule has 1 aliphatic rings. The maximum absolute atomic E-state index is 5.71. The summed E-state index contributed by atoms with van der Waals surface area (Å²) in [5.41, 5.74) is 0. The first-order valence-electron chi connectivity index (χ1n) is 6.46. The summed E-state index contributed by atoms with van der Waals surface area (Å²) in [5.74, 6) is 1.34. The Hall–Kier alpha value is -1.69. The highest BCUT2D eigenvalue weighted by Crippen LogP contribution is 2.22. The molecule has 0 radical (unpaired) electrons. The van der Waals surface area contributed by atoms with Gasteiger partial charge in [0.05, 0.1) is 6.61 Å². The van der Waals surface area contributed by atoms with Gasteiger partial charge in [-0.3, -0.25) is 0 Å². The van der Waals surface area contributed by atoms with E-state index in [1.165, 1.54) is 17.8 Å². The van der Waals surface area contributed by atoms with Crippen molar-refractivity contribution >= 4 is 17.3 Å². The number of hydrogen-bond donors (Lipinski definition) is 0. The average molecular weight is 276 g/mol. The standard InChI is InChI=1S/C13H16N4OS/c1-3-11(10-18-13-16-6-8-19-13)9-17(7-1)12-14-4-2-5-15-12/h2,4-6,8,11H,1,3,7,9-10H2. The van der Waals surface area contributed by atoms with Crippen LogP contribution in [0.2, 0.25) is 0 Å². The van der Waals surface area contributed by atoms with Crippen LogP contribution in [0.4, 0.5) is 5.95 Å². The van der Waals surface area contributed by atoms with Crippen molar-refractivity contribution < 1.29 is 4.74 Å². The predicted molar refractivity (Wildman–Crippen MR) is 74.6 cm³/mol. The summed E-state index contributed by atoms with van der Waals surface area (Å²) >= 11 is 1.54. The van der Waals surface area contributed by atoms with Gasteiger partial charge in [-0.05, 0) is 18.9 Å². The van der Waals surface area contributed by atoms with Crippen molar-refractivity contribution in [1.82, 2.24) is 15.0 Å². The Kier molecular flexibility index (Phi) is 3.88. The average Bonchev–Trinajstić information content (AvgIpc) is 3.00. The molecule has 1 atom stereocenters. The Morgan fingerprint density at radius 3 is 2.95 bits per heavy atom. The van der Waals surface area contributed by atoms with E-state index < -0.39 is 0 Å². The third-order valence-corrected chi connectivity index (χ3v) is 3.89. The van der Waals surface area contributed by atoms with Crippen LogP contribution in [0.15, 0.2) is 30.0 Å². The van der Waals surface area contributed by atoms with Gasteiger partial charge >= 0.3 is 0 Å². The third kappa shape index (κ3) is 3.20. The SMILES string of the molecule is c1cnc(N2CCCC(COc3nccs3)C2)nc1. The van der Waals surface area contributed by atoms with Crippen molar-refractivity contribution in [2.45, 2.75) is 12.8 Å². The molecule has 0 amide bonds. The lowest BCUT2D eigenvalue weighted by molar-refractivity contribution is 0.227. The van der Waals surface area contributed by atoms with Crippen molar-refractivity contribution in [1.29, 1.82) is 0 Å². The number of hydrogen-bond acceptors (Lipinski definition) is 6. The van der Waals surface area contributed by atoms with Crippen molar-refractivity contribution in [2.24, 2.45) is 5.92 Å². The fourth-order valence-electron chi connectivity index (χ4n) is 2.31. The van der Waals surface area contributed by atoms with E-state index in [0.717, 1.165) is 37.3 Å². The highest BCUT2D eigenvalue weighted by atomic mass is 32.1. The van der Waals surface area contributed by atoms with E-state index >= 15 is 0 Å². The molecule has 2 aromatic heterocycles. The van der Waals surface area contributed by atoms with Gasteiger partial charge in [-0.1, -0.05) is 11.3 Å². The van der Waals surface area contributed by atoms with Gasteiger partial charge in [0.25, 0.3) is 5.19 Å². The minimum atomic E-state index is 0.515. The van der Waals surface area contributed by atoms with Crippen LogP contribution in [0.5, 0.6) is 5.19 Å². The van der Waals surface area contributed by atoms with Crippen LogP contribution < -0.4 is 9.64 Å². The second kappa shape index (κ2) is 5.97. The van der Waals surface area contributed by atoms with Gasteiger partial charge in [0.1, 0.15) is 0 Å². The summed E-state index contributed by atoms with van der Waals surface area (Å²) < 4.78 is 5.71. The highest BCUT2D eigenvalue weighted by Gasteiger charge is 2.22. The molecule has 19 heavy (non-hydrogen) atoms. The van der Waals surface area contributed by atoms with Gasteiger partial charge in [0.15, 0.2) is 0 Å². The van der Waals surface area contributed by atoms with Gasteiger partial charge in [0.2, 0.25) is 5.95 Å². The Balaban J connectivity index is 1.56. The van der Waals surface area contributed by atoms with E-state index in [2.05, 4.69) is 19.9 Å². The zero-order chi connectivity index (χ0) is 12.9. The summed E-state index contributed by atoms with van der Waals surface area (Å²) in [6, 6.07) is 1.84. The molecular formula is C13H16N4OS. The van der Waals surface area contributed by atoms with Gasteiger partial charge < -0.3 is 9.64 Å². The maximum atomic E-state index is 5.71. The Morgan fingerprint density at radius 1 is 1.26 bits per heavy atom. The van der Waals surface area contributed by atoms with E-state index in [1.54, 1.807) is 18.6 Å². The Labute approximate surface area is 116 Å². The van der Waals surface area contributed by atoms with E-state index in [9.17, 15) is 0 Å². The van der Waals surface area contributed by atoms with Crippen molar-refractivity contribution in [3.8, 4) is 5.19 Å². The zero-order valence-electron chi connectivity index (χ0n) is 10.6. The maximum Gasteiger partial charge on any atom is 0.273 e. The minimum absolute atomic E-state index is 0.515. The first kappa shape index (κ1) is 12.3. The van der Waals surface area contributed by atoms with E-state index in [1.807, 2.05) is 11.4 Å². The fourth-order valence-corrected chi connectivity index (χ4v) is 2.80. The van der Waals surface area contributed by atoms with E-state index in [0.29, 0.717) is 5.92 Å². The molecule has 2 aromatic rings. The Bertz CT molecular complexity index is 491. The number of thiazole rings is 1. The summed E-state index contributed by atoms with van der Waals surface area (Å²) in [7, 11) is 0. The summed E-state index contributed by atoms with van der Waals surface area (Å²) in [6.45, 7) is 2.70. The molecule has 1 fully saturated rings. The minimum Gasteiger partial charge on any atom is -0.470 e. The van der Waals surface area contributed by atoms with Crippen molar-refractivity contribution in [3.05, 3.63) is 30.0 Å². The first-order valence-corrected chi connectivity index (χ1v) is 7.34. The quantitative estimate of drug-likeness (QED) is 0.857. The van der Waals surface area contributed by atoms with Crippen molar-refractivity contribution in [2.75, 3.05) is 24.6 Å². The molecule has 6 heteroatoms. The monoisotopic (exact) mass is 276 g/mol. The van der Waals surface area contributed by atoms with Crippen LogP contribution in [0.25, 0.3) is 0 Å². The molecule has 1 aliphatic heterocycles. The van der Waals surface area contributed by atoms with E-state index in [4.69, 9.17) is 4.74 Å². The molecule has 5 nitrogen and oxygen atoms in total. The van der Waals surface area contributed by atoms with Crippen LogP contribution in [0, 0.1) is 5.92 Å². The molecule has 1 saturated heterocycles. The molecule has 0 aromatic carbocycles. The largest absolute Gasteiger partial charge is 0.470 e. The molecule has 3 rings (SSSR count). The predicted octanol–water partition coefficient (Wildman–Crippen LogP) is 2.23. The van der Waals surface area contributed by atoms with Crippen LogP contribution in [0.1, 0.15) is 12.8 Å². The molecule has 0 N–H and O–H groups in total. The number of nitrogens with zero attached hydrogens (tertiary/aromatic N) is 4. The number of aromatic nitrogens is 3. The second-order valence-corrected chi connectivity index (χ2v) is 5.47. The molecule has 3 heterocycles. The van der Waals surface area contributed by atoms with Crippen LogP contribution in [-0.2, 0) is 0 Å². The first-order chi connectivity index (χ1) is 9.42. The summed E-state index contributed by atoms with van der Waals surface area (Å²) in [5, 5.41) is 2.69. The van der Waals surface area contributed by atoms with Gasteiger partial charge in [0, 0.05) is 43.0 Å². The van der Waals surface area contributed by atoms with Crippen LogP contribution in [-0.4, -0.2) is 34.6 Å². The number of piperidine rings is 1. The molecular weight excluding hydrogens is 260 g/mol.